The first-order valence-electron chi connectivity index (χ1n) is 8.95. The van der Waals surface area contributed by atoms with Crippen molar-refractivity contribution in [2.45, 2.75) is 45.2 Å². The monoisotopic (exact) mass is 388 g/mol. The lowest BCUT2D eigenvalue weighted by atomic mass is 9.87. The van der Waals surface area contributed by atoms with Crippen LogP contribution in [0.15, 0.2) is 59.5 Å². The Morgan fingerprint density at radius 1 is 1.07 bits per heavy atom. The highest BCUT2D eigenvalue weighted by atomic mass is 32.2. The summed E-state index contributed by atoms with van der Waals surface area (Å²) in [7, 11) is -1.34. The van der Waals surface area contributed by atoms with Crippen LogP contribution in [0, 0.1) is 12.3 Å². The molecule has 0 radical (unpaired) electrons. The summed E-state index contributed by atoms with van der Waals surface area (Å²) < 4.78 is 20.8. The van der Waals surface area contributed by atoms with Gasteiger partial charge in [0.05, 0.1) is 10.9 Å². The van der Waals surface area contributed by atoms with Gasteiger partial charge in [0, 0.05) is 6.54 Å². The van der Waals surface area contributed by atoms with Crippen LogP contribution in [-0.2, 0) is 22.3 Å². The summed E-state index contributed by atoms with van der Waals surface area (Å²) in [5, 5.41) is 2.89. The minimum absolute atomic E-state index is 0.215. The molecule has 0 saturated heterocycles. The van der Waals surface area contributed by atoms with Gasteiger partial charge in [-0.3, -0.25) is 0 Å². The zero-order valence-electron chi connectivity index (χ0n) is 16.3. The lowest BCUT2D eigenvalue weighted by Crippen LogP contribution is -2.50. The van der Waals surface area contributed by atoms with Crippen molar-refractivity contribution in [1.29, 1.82) is 0 Å². The van der Waals surface area contributed by atoms with Gasteiger partial charge in [0.15, 0.2) is 0 Å². The Bertz CT molecular complexity index is 755. The summed E-state index contributed by atoms with van der Waals surface area (Å²) >= 11 is 0. The Hall–Kier alpha value is -2.18. The third-order valence-electron chi connectivity index (χ3n) is 4.20. The van der Waals surface area contributed by atoms with Crippen molar-refractivity contribution in [1.82, 2.24) is 10.0 Å². The summed E-state index contributed by atoms with van der Waals surface area (Å²) in [6, 6.07) is 16.8. The molecule has 0 aliphatic heterocycles. The first-order valence-corrected chi connectivity index (χ1v) is 10.1. The molecule has 1 amide bonds. The Labute approximate surface area is 164 Å². The van der Waals surface area contributed by atoms with Gasteiger partial charge < -0.3 is 10.1 Å². The van der Waals surface area contributed by atoms with Gasteiger partial charge in [-0.25, -0.2) is 13.7 Å². The van der Waals surface area contributed by atoms with Gasteiger partial charge in [-0.2, -0.15) is 0 Å². The van der Waals surface area contributed by atoms with Crippen molar-refractivity contribution in [3.8, 4) is 0 Å². The second-order valence-corrected chi connectivity index (χ2v) is 8.85. The van der Waals surface area contributed by atoms with E-state index in [0.717, 1.165) is 11.1 Å². The molecule has 2 aromatic rings. The summed E-state index contributed by atoms with van der Waals surface area (Å²) in [5.74, 6) is 0. The van der Waals surface area contributed by atoms with E-state index in [9.17, 15) is 9.00 Å². The molecule has 0 heterocycles. The molecule has 2 atom stereocenters. The molecule has 0 aromatic heterocycles. The lowest BCUT2D eigenvalue weighted by Gasteiger charge is -2.31. The van der Waals surface area contributed by atoms with Crippen LogP contribution < -0.4 is 10.0 Å². The van der Waals surface area contributed by atoms with Crippen molar-refractivity contribution < 1.29 is 13.7 Å². The van der Waals surface area contributed by atoms with Crippen LogP contribution in [0.1, 0.15) is 31.9 Å². The fourth-order valence-corrected chi connectivity index (χ4v) is 3.25. The highest BCUT2D eigenvalue weighted by Gasteiger charge is 2.27. The normalized spacial score (nSPS) is 13.6. The van der Waals surface area contributed by atoms with Gasteiger partial charge in [-0.15, -0.1) is 0 Å². The molecule has 27 heavy (non-hydrogen) atoms. The number of carbonyl (C=O) groups excluding carboxylic acids is 1. The number of alkyl carbamates (subject to hydrolysis) is 1. The number of benzene rings is 2. The van der Waals surface area contributed by atoms with Crippen LogP contribution in [0.2, 0.25) is 0 Å². The Morgan fingerprint density at radius 3 is 2.30 bits per heavy atom. The van der Waals surface area contributed by atoms with Gasteiger partial charge in [0.2, 0.25) is 0 Å². The van der Waals surface area contributed by atoms with Gasteiger partial charge in [0.1, 0.15) is 17.6 Å². The first kappa shape index (κ1) is 21.1. The summed E-state index contributed by atoms with van der Waals surface area (Å²) in [4.78, 5) is 12.9. The standard InChI is InChI=1S/C21H28N2O3S/c1-16-10-12-18(13-11-16)27(25)22-14-19(21(2,3)4)23-20(24)26-15-17-8-6-5-7-9-17/h5-13,19,22H,14-15H2,1-4H3,(H,23,24)/t19-,27?/m1/s1. The number of hydrogen-bond donors (Lipinski definition) is 2. The van der Waals surface area contributed by atoms with Crippen molar-refractivity contribution in [2.24, 2.45) is 5.41 Å². The van der Waals surface area contributed by atoms with Gasteiger partial charge in [-0.1, -0.05) is 68.8 Å². The van der Waals surface area contributed by atoms with E-state index >= 15 is 0 Å². The maximum Gasteiger partial charge on any atom is 0.407 e. The van der Waals surface area contributed by atoms with E-state index in [1.54, 1.807) is 0 Å². The number of aryl methyl sites for hydroxylation is 1. The van der Waals surface area contributed by atoms with E-state index in [1.165, 1.54) is 0 Å². The molecule has 0 saturated carbocycles. The highest BCUT2D eigenvalue weighted by Crippen LogP contribution is 2.19. The quantitative estimate of drug-likeness (QED) is 0.755. The predicted octanol–water partition coefficient (Wildman–Crippen LogP) is 3.95. The van der Waals surface area contributed by atoms with Crippen LogP contribution in [0.25, 0.3) is 0 Å². The van der Waals surface area contributed by atoms with E-state index in [2.05, 4.69) is 10.0 Å². The van der Waals surface area contributed by atoms with Crippen LogP contribution in [-0.4, -0.2) is 22.9 Å². The zero-order valence-corrected chi connectivity index (χ0v) is 17.1. The van der Waals surface area contributed by atoms with Crippen LogP contribution in [0.5, 0.6) is 0 Å². The molecule has 0 spiro atoms. The fraction of sp³-hybridized carbons (Fsp3) is 0.381. The maximum absolute atomic E-state index is 12.4. The van der Waals surface area contributed by atoms with Crippen LogP contribution in [0.3, 0.4) is 0 Å². The maximum atomic E-state index is 12.4. The molecular weight excluding hydrogens is 360 g/mol. The van der Waals surface area contributed by atoms with E-state index in [4.69, 9.17) is 4.74 Å². The Kier molecular flexibility index (Phi) is 7.56. The van der Waals surface area contributed by atoms with E-state index < -0.39 is 17.1 Å². The molecule has 6 heteroatoms. The topological polar surface area (TPSA) is 67.4 Å². The van der Waals surface area contributed by atoms with Crippen molar-refractivity contribution in [3.63, 3.8) is 0 Å². The van der Waals surface area contributed by atoms with Gasteiger partial charge >= 0.3 is 6.09 Å². The molecule has 2 rings (SSSR count). The fourth-order valence-electron chi connectivity index (χ4n) is 2.38. The molecule has 5 nitrogen and oxygen atoms in total. The smallest absolute Gasteiger partial charge is 0.407 e. The molecule has 0 bridgehead atoms. The zero-order chi connectivity index (χ0) is 19.9. The van der Waals surface area contributed by atoms with Gasteiger partial charge in [-0.05, 0) is 30.0 Å². The van der Waals surface area contributed by atoms with E-state index in [1.807, 2.05) is 82.3 Å². The van der Waals surface area contributed by atoms with Crippen LogP contribution >= 0.6 is 0 Å². The molecule has 0 aliphatic carbocycles. The minimum Gasteiger partial charge on any atom is -0.445 e. The largest absolute Gasteiger partial charge is 0.445 e. The summed E-state index contributed by atoms with van der Waals surface area (Å²) in [5.41, 5.74) is 1.82. The molecule has 0 fully saturated rings. The third-order valence-corrected chi connectivity index (χ3v) is 5.33. The second-order valence-electron chi connectivity index (χ2n) is 7.55. The number of rotatable bonds is 7. The number of ether oxygens (including phenoxy) is 1. The average Bonchev–Trinajstić information content (AvgIpc) is 2.63. The molecule has 146 valence electrons. The van der Waals surface area contributed by atoms with Crippen molar-refractivity contribution in [3.05, 3.63) is 65.7 Å². The summed E-state index contributed by atoms with van der Waals surface area (Å²) in [6.07, 6.45) is -0.485. The SMILES string of the molecule is Cc1ccc(S(=O)NC[C@@H](NC(=O)OCc2ccccc2)C(C)(C)C)cc1. The Morgan fingerprint density at radius 2 is 1.70 bits per heavy atom. The highest BCUT2D eigenvalue weighted by molar-refractivity contribution is 7.83. The summed E-state index contributed by atoms with van der Waals surface area (Å²) in [6.45, 7) is 8.63. The van der Waals surface area contributed by atoms with Gasteiger partial charge in [0.25, 0.3) is 0 Å². The molecule has 1 unspecified atom stereocenters. The predicted molar refractivity (Wildman–Crippen MR) is 109 cm³/mol. The number of carbonyl (C=O) groups is 1. The molecular formula is C21H28N2O3S. The molecule has 2 N–H and O–H groups in total. The minimum atomic E-state index is -1.34. The van der Waals surface area contributed by atoms with Crippen LogP contribution in [0.4, 0.5) is 4.79 Å². The Balaban J connectivity index is 1.89. The molecule has 0 aliphatic rings. The van der Waals surface area contributed by atoms with E-state index in [-0.39, 0.29) is 18.1 Å². The number of nitrogens with one attached hydrogen (secondary N) is 2. The van der Waals surface area contributed by atoms with Crippen molar-refractivity contribution in [2.75, 3.05) is 6.54 Å². The van der Waals surface area contributed by atoms with E-state index in [0.29, 0.717) is 11.4 Å². The molecule has 2 aromatic carbocycles. The number of amides is 1. The lowest BCUT2D eigenvalue weighted by molar-refractivity contribution is 0.126. The third kappa shape index (κ3) is 7.15. The second kappa shape index (κ2) is 9.67. The van der Waals surface area contributed by atoms with Crippen molar-refractivity contribution >= 4 is 17.1 Å². The first-order chi connectivity index (χ1) is 12.8. The average molecular weight is 389 g/mol. The number of hydrogen-bond acceptors (Lipinski definition) is 3.